The van der Waals surface area contributed by atoms with E-state index in [-0.39, 0.29) is 11.9 Å². The maximum atomic E-state index is 13.4. The van der Waals surface area contributed by atoms with Crippen molar-refractivity contribution in [2.45, 2.75) is 32.7 Å². The Labute approximate surface area is 119 Å². The average molecular weight is 276 g/mol. The monoisotopic (exact) mass is 276 g/mol. The number of halogens is 1. The Balaban J connectivity index is 2.38. The smallest absolute Gasteiger partial charge is 0.141 e. The number of hydrogen-bond donors (Lipinski definition) is 1. The van der Waals surface area contributed by atoms with Gasteiger partial charge in [0.1, 0.15) is 5.82 Å². The first-order chi connectivity index (χ1) is 9.65. The van der Waals surface area contributed by atoms with E-state index in [0.29, 0.717) is 0 Å². The molecule has 0 aliphatic rings. The Hall–Kier alpha value is -1.75. The summed E-state index contributed by atoms with van der Waals surface area (Å²) in [5, 5.41) is 7.91. The quantitative estimate of drug-likeness (QED) is 0.882. The Morgan fingerprint density at radius 3 is 2.70 bits per heavy atom. The summed E-state index contributed by atoms with van der Waals surface area (Å²) in [4.78, 5) is 3.95. The molecule has 2 aromatic rings. The topological polar surface area (TPSA) is 42.7 Å². The number of aryl methyl sites for hydroxylation is 2. The van der Waals surface area contributed by atoms with Crippen molar-refractivity contribution in [1.82, 2.24) is 20.1 Å². The van der Waals surface area contributed by atoms with Crippen LogP contribution in [0.2, 0.25) is 0 Å². The molecule has 2 aromatic heterocycles. The number of hydrogen-bond acceptors (Lipinski definition) is 3. The Morgan fingerprint density at radius 2 is 2.10 bits per heavy atom. The van der Waals surface area contributed by atoms with Crippen LogP contribution in [0, 0.1) is 5.82 Å². The predicted octanol–water partition coefficient (Wildman–Crippen LogP) is 2.61. The summed E-state index contributed by atoms with van der Waals surface area (Å²) in [5.41, 5.74) is 2.89. The lowest BCUT2D eigenvalue weighted by Gasteiger charge is -2.19. The lowest BCUT2D eigenvalue weighted by Crippen LogP contribution is -2.25. The van der Waals surface area contributed by atoms with Crippen LogP contribution < -0.4 is 5.32 Å². The van der Waals surface area contributed by atoms with Crippen LogP contribution in [0.4, 0.5) is 4.39 Å². The zero-order valence-electron chi connectivity index (χ0n) is 12.2. The molecule has 5 heteroatoms. The van der Waals surface area contributed by atoms with E-state index in [2.05, 4.69) is 35.3 Å². The van der Waals surface area contributed by atoms with Crippen molar-refractivity contribution in [2.75, 3.05) is 6.54 Å². The van der Waals surface area contributed by atoms with Crippen LogP contribution in [0.1, 0.15) is 43.3 Å². The molecule has 0 aliphatic heterocycles. The lowest BCUT2D eigenvalue weighted by atomic mass is 10.0. The van der Waals surface area contributed by atoms with Gasteiger partial charge in [-0.3, -0.25) is 9.67 Å². The molecule has 0 spiro atoms. The number of pyridine rings is 1. The molecule has 0 aromatic carbocycles. The number of rotatable bonds is 6. The van der Waals surface area contributed by atoms with Crippen molar-refractivity contribution >= 4 is 0 Å². The SMILES string of the molecule is CCCNC(c1cncc(F)c1)c1cc(CC)nn1C. The molecule has 4 nitrogen and oxygen atoms in total. The second-order valence-corrected chi connectivity index (χ2v) is 4.86. The number of nitrogens with one attached hydrogen (secondary N) is 1. The Morgan fingerprint density at radius 1 is 1.30 bits per heavy atom. The molecular formula is C15H21FN4. The first kappa shape index (κ1) is 14.7. The number of aromatic nitrogens is 3. The van der Waals surface area contributed by atoms with Gasteiger partial charge in [0.25, 0.3) is 0 Å². The van der Waals surface area contributed by atoms with Gasteiger partial charge in [-0.15, -0.1) is 0 Å². The molecule has 0 aliphatic carbocycles. The molecule has 2 heterocycles. The van der Waals surface area contributed by atoms with Crippen LogP contribution in [-0.4, -0.2) is 21.3 Å². The van der Waals surface area contributed by atoms with Crippen molar-refractivity contribution in [1.29, 1.82) is 0 Å². The fourth-order valence-corrected chi connectivity index (χ4v) is 2.25. The molecule has 0 saturated heterocycles. The highest BCUT2D eigenvalue weighted by molar-refractivity contribution is 5.27. The van der Waals surface area contributed by atoms with Gasteiger partial charge in [0.15, 0.2) is 0 Å². The summed E-state index contributed by atoms with van der Waals surface area (Å²) in [6.07, 6.45) is 4.82. The fourth-order valence-electron chi connectivity index (χ4n) is 2.25. The molecule has 1 atom stereocenters. The molecule has 20 heavy (non-hydrogen) atoms. The minimum atomic E-state index is -0.316. The minimum Gasteiger partial charge on any atom is -0.305 e. The van der Waals surface area contributed by atoms with E-state index in [4.69, 9.17) is 0 Å². The third-order valence-corrected chi connectivity index (χ3v) is 3.28. The van der Waals surface area contributed by atoms with Gasteiger partial charge in [-0.1, -0.05) is 13.8 Å². The molecule has 108 valence electrons. The van der Waals surface area contributed by atoms with Crippen LogP contribution >= 0.6 is 0 Å². The maximum Gasteiger partial charge on any atom is 0.141 e. The molecule has 0 radical (unpaired) electrons. The van der Waals surface area contributed by atoms with Crippen LogP contribution in [-0.2, 0) is 13.5 Å². The average Bonchev–Trinajstić information content (AvgIpc) is 2.81. The van der Waals surface area contributed by atoms with Crippen molar-refractivity contribution in [3.8, 4) is 0 Å². The minimum absolute atomic E-state index is 0.0871. The van der Waals surface area contributed by atoms with Gasteiger partial charge >= 0.3 is 0 Å². The Kier molecular flexibility index (Phi) is 4.84. The van der Waals surface area contributed by atoms with E-state index < -0.39 is 0 Å². The summed E-state index contributed by atoms with van der Waals surface area (Å²) in [7, 11) is 1.92. The van der Waals surface area contributed by atoms with Gasteiger partial charge in [-0.25, -0.2) is 4.39 Å². The predicted molar refractivity (Wildman–Crippen MR) is 76.9 cm³/mol. The van der Waals surface area contributed by atoms with E-state index >= 15 is 0 Å². The fraction of sp³-hybridized carbons (Fsp3) is 0.467. The van der Waals surface area contributed by atoms with Crippen LogP contribution in [0.5, 0.6) is 0 Å². The van der Waals surface area contributed by atoms with Crippen molar-refractivity contribution < 1.29 is 4.39 Å². The summed E-state index contributed by atoms with van der Waals surface area (Å²) in [6, 6.07) is 3.51. The zero-order chi connectivity index (χ0) is 14.5. The molecule has 2 rings (SSSR count). The zero-order valence-corrected chi connectivity index (χ0v) is 12.2. The standard InChI is InChI=1S/C15H21FN4/c1-4-6-18-15(11-7-12(16)10-17-9-11)14-8-13(5-2)19-20(14)3/h7-10,15,18H,4-6H2,1-3H3. The summed E-state index contributed by atoms with van der Waals surface area (Å²) in [6.45, 7) is 5.03. The third-order valence-electron chi connectivity index (χ3n) is 3.28. The van der Waals surface area contributed by atoms with Gasteiger partial charge in [-0.05, 0) is 37.1 Å². The van der Waals surface area contributed by atoms with Crippen molar-refractivity contribution in [3.63, 3.8) is 0 Å². The third kappa shape index (κ3) is 3.22. The molecular weight excluding hydrogens is 255 g/mol. The largest absolute Gasteiger partial charge is 0.305 e. The van der Waals surface area contributed by atoms with Gasteiger partial charge in [0, 0.05) is 13.2 Å². The normalized spacial score (nSPS) is 12.6. The van der Waals surface area contributed by atoms with E-state index in [0.717, 1.165) is 36.3 Å². The second-order valence-electron chi connectivity index (χ2n) is 4.86. The van der Waals surface area contributed by atoms with Gasteiger partial charge in [0.05, 0.1) is 23.6 Å². The molecule has 1 unspecified atom stereocenters. The van der Waals surface area contributed by atoms with Crippen LogP contribution in [0.3, 0.4) is 0 Å². The maximum absolute atomic E-state index is 13.4. The van der Waals surface area contributed by atoms with E-state index in [1.54, 1.807) is 6.20 Å². The second kappa shape index (κ2) is 6.61. The van der Waals surface area contributed by atoms with E-state index in [1.165, 1.54) is 12.3 Å². The van der Waals surface area contributed by atoms with E-state index in [1.807, 2.05) is 11.7 Å². The molecule has 0 amide bonds. The summed E-state index contributed by atoms with van der Waals surface area (Å²) >= 11 is 0. The molecule has 1 N–H and O–H groups in total. The number of nitrogens with zero attached hydrogens (tertiary/aromatic N) is 3. The van der Waals surface area contributed by atoms with Crippen molar-refractivity contribution in [3.05, 3.63) is 47.3 Å². The Bertz CT molecular complexity index is 565. The summed E-state index contributed by atoms with van der Waals surface area (Å²) < 4.78 is 15.3. The lowest BCUT2D eigenvalue weighted by molar-refractivity contribution is 0.544. The highest BCUT2D eigenvalue weighted by Gasteiger charge is 2.19. The van der Waals surface area contributed by atoms with Gasteiger partial charge in [-0.2, -0.15) is 5.10 Å². The summed E-state index contributed by atoms with van der Waals surface area (Å²) in [5.74, 6) is -0.316. The van der Waals surface area contributed by atoms with E-state index in [9.17, 15) is 4.39 Å². The first-order valence-corrected chi connectivity index (χ1v) is 7.02. The highest BCUT2D eigenvalue weighted by Crippen LogP contribution is 2.22. The van der Waals surface area contributed by atoms with Crippen LogP contribution in [0.25, 0.3) is 0 Å². The highest BCUT2D eigenvalue weighted by atomic mass is 19.1. The van der Waals surface area contributed by atoms with Gasteiger partial charge in [0.2, 0.25) is 0 Å². The molecule has 0 saturated carbocycles. The molecule has 0 bridgehead atoms. The van der Waals surface area contributed by atoms with Crippen molar-refractivity contribution in [2.24, 2.45) is 7.05 Å². The van der Waals surface area contributed by atoms with Gasteiger partial charge < -0.3 is 5.32 Å². The first-order valence-electron chi connectivity index (χ1n) is 7.02. The van der Waals surface area contributed by atoms with Crippen LogP contribution in [0.15, 0.2) is 24.5 Å². The molecule has 0 fully saturated rings.